The van der Waals surface area contributed by atoms with Crippen LogP contribution >= 0.6 is 0 Å². The zero-order chi connectivity index (χ0) is 16.3. The standard InChI is InChI=1S/C10H11N2O3.C4H8NO.Y/c1-7-3-4-8(11-6-13)5-9(7)12-10(14)15-2;1-4(2)5-3-6;/h3-5H,1-2H3,(H,11,13)(H,12,14);4H,1-2H3,(H,5,6);/q2*-1;. The van der Waals surface area contributed by atoms with Gasteiger partial charge in [-0.1, -0.05) is 12.1 Å². The summed E-state index contributed by atoms with van der Waals surface area (Å²) in [6.45, 7) is 5.59. The van der Waals surface area contributed by atoms with Gasteiger partial charge in [0.2, 0.25) is 0 Å². The van der Waals surface area contributed by atoms with Crippen molar-refractivity contribution >= 4 is 30.3 Å². The van der Waals surface area contributed by atoms with Crippen LogP contribution in [0, 0.1) is 6.92 Å². The van der Waals surface area contributed by atoms with Gasteiger partial charge in [-0.2, -0.15) is 6.41 Å². The summed E-state index contributed by atoms with van der Waals surface area (Å²) in [6.07, 6.45) is 2.57. The van der Waals surface area contributed by atoms with Gasteiger partial charge < -0.3 is 25.0 Å². The molecule has 119 valence electrons. The van der Waals surface area contributed by atoms with Gasteiger partial charge in [0.05, 0.1) is 13.5 Å². The van der Waals surface area contributed by atoms with Gasteiger partial charge in [-0.3, -0.25) is 5.32 Å². The van der Waals surface area contributed by atoms with Gasteiger partial charge in [0.1, 0.15) is 0 Å². The number of carbonyl (C=O) groups is 1. The molecule has 3 amide bonds. The molecule has 0 atom stereocenters. The fourth-order valence-electron chi connectivity index (χ4n) is 1.17. The van der Waals surface area contributed by atoms with Crippen LogP contribution in [-0.2, 0) is 47.0 Å². The van der Waals surface area contributed by atoms with E-state index in [0.717, 1.165) is 5.56 Å². The molecule has 0 saturated carbocycles. The van der Waals surface area contributed by atoms with Crippen molar-refractivity contribution in [3.8, 4) is 0 Å². The second-order valence-corrected chi connectivity index (χ2v) is 4.27. The van der Waals surface area contributed by atoms with E-state index in [0.29, 0.717) is 11.4 Å². The summed E-state index contributed by atoms with van der Waals surface area (Å²) >= 11 is 0. The average Bonchev–Trinajstić information content (AvgIpc) is 2.43. The fraction of sp³-hybridized carbons (Fsp3) is 0.357. The summed E-state index contributed by atoms with van der Waals surface area (Å²) in [5.41, 5.74) is 2.01. The molecule has 0 aliphatic rings. The maximum absolute atomic E-state index is 11.0. The molecule has 3 N–H and O–H groups in total. The Balaban J connectivity index is 0. The van der Waals surface area contributed by atoms with Crippen molar-refractivity contribution in [2.45, 2.75) is 26.8 Å². The molecule has 0 saturated heterocycles. The molecule has 8 heteroatoms. The Labute approximate surface area is 155 Å². The second kappa shape index (κ2) is 13.2. The first-order chi connectivity index (χ1) is 9.94. The van der Waals surface area contributed by atoms with Crippen LogP contribution in [0.5, 0.6) is 0 Å². The quantitative estimate of drug-likeness (QED) is 0.534. The molecule has 1 radical (unpaired) electrons. The van der Waals surface area contributed by atoms with E-state index in [2.05, 4.69) is 20.7 Å². The minimum atomic E-state index is -0.551. The Kier molecular flexibility index (Phi) is 13.7. The van der Waals surface area contributed by atoms with Gasteiger partial charge in [0, 0.05) is 38.4 Å². The Morgan fingerprint density at radius 3 is 2.27 bits per heavy atom. The van der Waals surface area contributed by atoms with E-state index in [4.69, 9.17) is 0 Å². The van der Waals surface area contributed by atoms with Crippen LogP contribution in [0.3, 0.4) is 0 Å². The van der Waals surface area contributed by atoms with Crippen molar-refractivity contribution in [3.63, 3.8) is 0 Å². The number of rotatable bonds is 5. The van der Waals surface area contributed by atoms with E-state index in [1.165, 1.54) is 7.11 Å². The third-order valence-corrected chi connectivity index (χ3v) is 2.20. The molecule has 0 spiro atoms. The largest absolute Gasteiger partial charge is 0.528 e. The molecule has 1 aromatic carbocycles. The van der Waals surface area contributed by atoms with Gasteiger partial charge in [-0.25, -0.2) is 4.79 Å². The number of nitrogens with one attached hydrogen (secondary N) is 3. The van der Waals surface area contributed by atoms with Gasteiger partial charge in [-0.05, 0) is 32.4 Å². The fourth-order valence-corrected chi connectivity index (χ4v) is 1.17. The van der Waals surface area contributed by atoms with Crippen LogP contribution in [0.15, 0.2) is 18.2 Å². The molecule has 0 heterocycles. The van der Waals surface area contributed by atoms with E-state index >= 15 is 0 Å². The molecule has 1 rings (SSSR count). The third kappa shape index (κ3) is 10.3. The van der Waals surface area contributed by atoms with E-state index in [1.54, 1.807) is 31.0 Å². The van der Waals surface area contributed by atoms with Crippen LogP contribution in [-0.4, -0.2) is 32.1 Å². The Hall–Kier alpha value is -1.47. The van der Waals surface area contributed by atoms with Crippen molar-refractivity contribution in [3.05, 3.63) is 23.8 Å². The van der Waals surface area contributed by atoms with Gasteiger partial charge >= 0.3 is 6.09 Å². The summed E-state index contributed by atoms with van der Waals surface area (Å²) in [4.78, 5) is 30.5. The number of benzene rings is 1. The topological polar surface area (TPSA) is 96.5 Å². The molecule has 1 aromatic rings. The summed E-state index contributed by atoms with van der Waals surface area (Å²) in [6, 6.07) is 5.33. The number of ether oxygens (including phenoxy) is 1. The van der Waals surface area contributed by atoms with Crippen molar-refractivity contribution in [2.75, 3.05) is 17.7 Å². The molecule has 0 aliphatic heterocycles. The molecule has 0 aliphatic carbocycles. The summed E-state index contributed by atoms with van der Waals surface area (Å²) in [5.74, 6) is 0. The molecule has 0 bridgehead atoms. The van der Waals surface area contributed by atoms with Crippen LogP contribution in [0.1, 0.15) is 19.4 Å². The molecular formula is C14H19N3O4Y-2. The van der Waals surface area contributed by atoms with Gasteiger partial charge in [0.25, 0.3) is 0 Å². The van der Waals surface area contributed by atoms with E-state index in [1.807, 2.05) is 20.8 Å². The Morgan fingerprint density at radius 2 is 1.86 bits per heavy atom. The number of anilines is 2. The van der Waals surface area contributed by atoms with E-state index in [9.17, 15) is 14.4 Å². The SMILES string of the molecule is CC(C)N[C-]=O.COC(=O)Nc1cc(N[C-]=O)ccc1C.[Y]. The Bertz CT molecular complexity index is 481. The zero-order valence-corrected chi connectivity index (χ0v) is 15.9. The average molecular weight is 382 g/mol. The first kappa shape index (κ1) is 22.8. The minimum absolute atomic E-state index is 0. The number of hydrogen-bond acceptors (Lipinski definition) is 4. The van der Waals surface area contributed by atoms with Gasteiger partial charge in [0.15, 0.2) is 0 Å². The number of carbonyl (C=O) groups excluding carboxylic acids is 3. The summed E-state index contributed by atoms with van der Waals surface area (Å²) < 4.78 is 4.46. The first-order valence-electron chi connectivity index (χ1n) is 6.16. The van der Waals surface area contributed by atoms with Gasteiger partial charge in [-0.15, -0.1) is 11.8 Å². The van der Waals surface area contributed by atoms with Crippen molar-refractivity contribution in [1.29, 1.82) is 0 Å². The summed E-state index contributed by atoms with van der Waals surface area (Å²) in [5, 5.41) is 7.30. The van der Waals surface area contributed by atoms with E-state index < -0.39 is 6.09 Å². The van der Waals surface area contributed by atoms with Crippen molar-refractivity contribution in [1.82, 2.24) is 5.32 Å². The van der Waals surface area contributed by atoms with Crippen molar-refractivity contribution < 1.29 is 51.8 Å². The summed E-state index contributed by atoms with van der Waals surface area (Å²) in [7, 11) is 1.28. The second-order valence-electron chi connectivity index (χ2n) is 4.27. The molecular weight excluding hydrogens is 363 g/mol. The predicted molar refractivity (Wildman–Crippen MR) is 80.5 cm³/mol. The monoisotopic (exact) mass is 382 g/mol. The van der Waals surface area contributed by atoms with Crippen LogP contribution in [0.4, 0.5) is 16.2 Å². The zero-order valence-electron chi connectivity index (χ0n) is 13.0. The number of amides is 3. The molecule has 7 nitrogen and oxygen atoms in total. The molecule has 0 fully saturated rings. The third-order valence-electron chi connectivity index (χ3n) is 2.20. The normalized spacial score (nSPS) is 8.59. The first-order valence-corrected chi connectivity index (χ1v) is 6.16. The maximum atomic E-state index is 11.0. The smallest absolute Gasteiger partial charge is 0.411 e. The predicted octanol–water partition coefficient (Wildman–Crippen LogP) is 1.70. The molecule has 0 unspecified atom stereocenters. The Morgan fingerprint density at radius 1 is 1.23 bits per heavy atom. The van der Waals surface area contributed by atoms with E-state index in [-0.39, 0.29) is 38.8 Å². The number of hydrogen-bond donors (Lipinski definition) is 3. The number of methoxy groups -OCH3 is 1. The van der Waals surface area contributed by atoms with Crippen molar-refractivity contribution in [2.24, 2.45) is 0 Å². The number of aryl methyl sites for hydroxylation is 1. The maximum Gasteiger partial charge on any atom is 0.411 e. The van der Waals surface area contributed by atoms with Crippen LogP contribution < -0.4 is 16.0 Å². The molecule has 22 heavy (non-hydrogen) atoms. The van der Waals surface area contributed by atoms with Crippen LogP contribution in [0.2, 0.25) is 0 Å². The minimum Gasteiger partial charge on any atom is -0.528 e. The molecule has 0 aromatic heterocycles. The van der Waals surface area contributed by atoms with Crippen LogP contribution in [0.25, 0.3) is 0 Å².